The van der Waals surface area contributed by atoms with Crippen molar-refractivity contribution in [2.45, 2.75) is 19.0 Å². The maximum absolute atomic E-state index is 11.2. The monoisotopic (exact) mass is 237 g/mol. The standard InChI is InChI=1S/C12H15NO2S/c1-10(11-5-3-2-4-6-11)13-12-7-8-16(14,15)9-12/h2-8,10,12-13H,9H2,1H3. The van der Waals surface area contributed by atoms with Gasteiger partial charge in [-0.05, 0) is 12.5 Å². The molecule has 86 valence electrons. The van der Waals surface area contributed by atoms with Gasteiger partial charge in [0.15, 0.2) is 9.84 Å². The predicted molar refractivity (Wildman–Crippen MR) is 64.7 cm³/mol. The highest BCUT2D eigenvalue weighted by Gasteiger charge is 2.22. The summed E-state index contributed by atoms with van der Waals surface area (Å²) in [6, 6.07) is 10.1. The van der Waals surface area contributed by atoms with Gasteiger partial charge in [0.05, 0.1) is 5.75 Å². The minimum absolute atomic E-state index is 0.0693. The average molecular weight is 237 g/mol. The van der Waals surface area contributed by atoms with Crippen LogP contribution in [0.3, 0.4) is 0 Å². The molecule has 1 N–H and O–H groups in total. The largest absolute Gasteiger partial charge is 0.303 e. The highest BCUT2D eigenvalue weighted by atomic mass is 32.2. The fourth-order valence-corrected chi connectivity index (χ4v) is 3.09. The van der Waals surface area contributed by atoms with Crippen LogP contribution < -0.4 is 5.32 Å². The zero-order chi connectivity index (χ0) is 11.6. The van der Waals surface area contributed by atoms with E-state index in [0.717, 1.165) is 0 Å². The molecule has 0 saturated heterocycles. The van der Waals surface area contributed by atoms with Crippen LogP contribution in [-0.4, -0.2) is 20.2 Å². The number of benzene rings is 1. The third kappa shape index (κ3) is 2.71. The Morgan fingerprint density at radius 3 is 2.56 bits per heavy atom. The van der Waals surface area contributed by atoms with Gasteiger partial charge in [0.25, 0.3) is 0 Å². The predicted octanol–water partition coefficient (Wildman–Crippen LogP) is 1.65. The van der Waals surface area contributed by atoms with Crippen LogP contribution in [0.15, 0.2) is 41.8 Å². The zero-order valence-corrected chi connectivity index (χ0v) is 9.94. The lowest BCUT2D eigenvalue weighted by Gasteiger charge is -2.17. The van der Waals surface area contributed by atoms with Crippen molar-refractivity contribution in [1.82, 2.24) is 5.32 Å². The number of nitrogens with one attached hydrogen (secondary N) is 1. The topological polar surface area (TPSA) is 46.2 Å². The van der Waals surface area contributed by atoms with Gasteiger partial charge in [0.1, 0.15) is 0 Å². The van der Waals surface area contributed by atoms with Crippen molar-refractivity contribution in [2.24, 2.45) is 0 Å². The summed E-state index contributed by atoms with van der Waals surface area (Å²) >= 11 is 0. The molecule has 0 fully saturated rings. The summed E-state index contributed by atoms with van der Waals surface area (Å²) in [5, 5.41) is 4.58. The Kier molecular flexibility index (Phi) is 3.12. The van der Waals surface area contributed by atoms with Gasteiger partial charge in [-0.1, -0.05) is 36.4 Å². The van der Waals surface area contributed by atoms with E-state index in [9.17, 15) is 8.42 Å². The molecule has 3 nitrogen and oxygen atoms in total. The first kappa shape index (κ1) is 11.4. The number of hydrogen-bond donors (Lipinski definition) is 1. The van der Waals surface area contributed by atoms with Gasteiger partial charge in [-0.2, -0.15) is 0 Å². The van der Waals surface area contributed by atoms with E-state index in [-0.39, 0.29) is 17.8 Å². The Bertz CT molecular complexity index is 479. The molecule has 2 rings (SSSR count). The summed E-state index contributed by atoms with van der Waals surface area (Å²) in [6.07, 6.45) is 1.72. The van der Waals surface area contributed by atoms with Crippen LogP contribution in [0.1, 0.15) is 18.5 Å². The Labute approximate surface area is 96.1 Å². The highest BCUT2D eigenvalue weighted by molar-refractivity contribution is 7.94. The summed E-state index contributed by atoms with van der Waals surface area (Å²) < 4.78 is 22.5. The number of hydrogen-bond acceptors (Lipinski definition) is 3. The molecule has 1 aromatic rings. The quantitative estimate of drug-likeness (QED) is 0.869. The van der Waals surface area contributed by atoms with E-state index < -0.39 is 9.84 Å². The molecule has 1 heterocycles. The molecular formula is C12H15NO2S. The maximum atomic E-state index is 11.2. The van der Waals surface area contributed by atoms with E-state index in [1.807, 2.05) is 37.3 Å². The molecule has 0 saturated carbocycles. The Hall–Kier alpha value is -1.13. The van der Waals surface area contributed by atoms with E-state index in [1.54, 1.807) is 6.08 Å². The molecule has 4 heteroatoms. The van der Waals surface area contributed by atoms with Crippen molar-refractivity contribution in [3.8, 4) is 0 Å². The van der Waals surface area contributed by atoms with Gasteiger partial charge < -0.3 is 5.32 Å². The normalized spacial score (nSPS) is 24.4. The van der Waals surface area contributed by atoms with Gasteiger partial charge >= 0.3 is 0 Å². The minimum atomic E-state index is -2.97. The summed E-state index contributed by atoms with van der Waals surface area (Å²) in [4.78, 5) is 0. The fourth-order valence-electron chi connectivity index (χ4n) is 1.84. The molecule has 1 aliphatic heterocycles. The molecule has 0 spiro atoms. The molecule has 0 aromatic heterocycles. The average Bonchev–Trinajstić information content (AvgIpc) is 2.59. The van der Waals surface area contributed by atoms with E-state index in [4.69, 9.17) is 0 Å². The van der Waals surface area contributed by atoms with E-state index in [2.05, 4.69) is 5.32 Å². The van der Waals surface area contributed by atoms with Crippen LogP contribution in [-0.2, 0) is 9.84 Å². The van der Waals surface area contributed by atoms with Crippen LogP contribution in [0.25, 0.3) is 0 Å². The van der Waals surface area contributed by atoms with Crippen LogP contribution in [0.5, 0.6) is 0 Å². The SMILES string of the molecule is CC(NC1C=CS(=O)(=O)C1)c1ccccc1. The molecule has 1 aliphatic rings. The third-order valence-electron chi connectivity index (χ3n) is 2.69. The second kappa shape index (κ2) is 4.39. The summed E-state index contributed by atoms with van der Waals surface area (Å²) in [5.41, 5.74) is 1.17. The van der Waals surface area contributed by atoms with Crippen molar-refractivity contribution >= 4 is 9.84 Å². The van der Waals surface area contributed by atoms with Crippen molar-refractivity contribution in [2.75, 3.05) is 5.75 Å². The van der Waals surface area contributed by atoms with Crippen LogP contribution >= 0.6 is 0 Å². The van der Waals surface area contributed by atoms with Crippen molar-refractivity contribution < 1.29 is 8.42 Å². The Morgan fingerprint density at radius 1 is 1.31 bits per heavy atom. The maximum Gasteiger partial charge on any atom is 0.173 e. The summed E-state index contributed by atoms with van der Waals surface area (Å²) in [6.45, 7) is 2.04. The molecule has 1 aromatic carbocycles. The molecule has 16 heavy (non-hydrogen) atoms. The minimum Gasteiger partial charge on any atom is -0.303 e. The molecular weight excluding hydrogens is 222 g/mol. The molecule has 2 unspecified atom stereocenters. The summed E-state index contributed by atoms with van der Waals surface area (Å²) in [7, 11) is -2.97. The van der Waals surface area contributed by atoms with Gasteiger partial charge in [0, 0.05) is 17.5 Å². The number of sulfone groups is 1. The van der Waals surface area contributed by atoms with Crippen molar-refractivity contribution in [3.63, 3.8) is 0 Å². The third-order valence-corrected chi connectivity index (χ3v) is 4.09. The second-order valence-electron chi connectivity index (χ2n) is 4.06. The molecule has 0 bridgehead atoms. The second-order valence-corrected chi connectivity index (χ2v) is 5.99. The van der Waals surface area contributed by atoms with E-state index in [0.29, 0.717) is 0 Å². The fraction of sp³-hybridized carbons (Fsp3) is 0.333. The molecule has 0 amide bonds. The van der Waals surface area contributed by atoms with Gasteiger partial charge in [-0.25, -0.2) is 8.42 Å². The van der Waals surface area contributed by atoms with Crippen LogP contribution in [0.2, 0.25) is 0 Å². The highest BCUT2D eigenvalue weighted by Crippen LogP contribution is 2.15. The first-order valence-corrected chi connectivity index (χ1v) is 7.00. The van der Waals surface area contributed by atoms with Gasteiger partial charge in [-0.3, -0.25) is 0 Å². The smallest absolute Gasteiger partial charge is 0.173 e. The lowest BCUT2D eigenvalue weighted by molar-refractivity contribution is 0.535. The van der Waals surface area contributed by atoms with Crippen LogP contribution in [0, 0.1) is 0 Å². The summed E-state index contributed by atoms with van der Waals surface area (Å²) in [5.74, 6) is 0.171. The van der Waals surface area contributed by atoms with Crippen molar-refractivity contribution in [1.29, 1.82) is 0 Å². The first-order chi connectivity index (χ1) is 7.57. The zero-order valence-electron chi connectivity index (χ0n) is 9.13. The Morgan fingerprint density at radius 2 is 2.00 bits per heavy atom. The first-order valence-electron chi connectivity index (χ1n) is 5.29. The molecule has 0 radical (unpaired) electrons. The van der Waals surface area contributed by atoms with Crippen molar-refractivity contribution in [3.05, 3.63) is 47.4 Å². The van der Waals surface area contributed by atoms with E-state index >= 15 is 0 Å². The molecule has 2 atom stereocenters. The molecule has 0 aliphatic carbocycles. The van der Waals surface area contributed by atoms with E-state index in [1.165, 1.54) is 11.0 Å². The lowest BCUT2D eigenvalue weighted by Crippen LogP contribution is -2.32. The van der Waals surface area contributed by atoms with Gasteiger partial charge in [0.2, 0.25) is 0 Å². The Balaban J connectivity index is 2.00. The van der Waals surface area contributed by atoms with Gasteiger partial charge in [-0.15, -0.1) is 0 Å². The number of rotatable bonds is 3. The lowest BCUT2D eigenvalue weighted by atomic mass is 10.1. The van der Waals surface area contributed by atoms with Crippen LogP contribution in [0.4, 0.5) is 0 Å².